The lowest BCUT2D eigenvalue weighted by atomic mass is 10.1. The molecule has 0 radical (unpaired) electrons. The van der Waals surface area contributed by atoms with Crippen molar-refractivity contribution in [3.8, 4) is 0 Å². The van der Waals surface area contributed by atoms with Gasteiger partial charge in [0.25, 0.3) is 0 Å². The van der Waals surface area contributed by atoms with Gasteiger partial charge in [0.05, 0.1) is 19.5 Å². The van der Waals surface area contributed by atoms with Gasteiger partial charge in [-0.3, -0.25) is 0 Å². The van der Waals surface area contributed by atoms with Crippen molar-refractivity contribution < 1.29 is 9.47 Å². The molecule has 2 rings (SSSR count). The topological polar surface area (TPSA) is 18.5 Å². The minimum absolute atomic E-state index is 0.580. The zero-order valence-corrected chi connectivity index (χ0v) is 13.4. The van der Waals surface area contributed by atoms with E-state index in [-0.39, 0.29) is 0 Å². The smallest absolute Gasteiger partial charge is 0.106 e. The van der Waals surface area contributed by atoms with Crippen molar-refractivity contribution in [1.29, 1.82) is 0 Å². The molecule has 0 aromatic heterocycles. The molecule has 0 aliphatic rings. The van der Waals surface area contributed by atoms with Gasteiger partial charge in [-0.05, 0) is 36.1 Å². The third-order valence-electron chi connectivity index (χ3n) is 3.32. The minimum Gasteiger partial charge on any atom is -0.497 e. The molecule has 0 amide bonds. The van der Waals surface area contributed by atoms with Crippen LogP contribution < -0.4 is 0 Å². The van der Waals surface area contributed by atoms with Gasteiger partial charge in [-0.15, -0.1) is 0 Å². The second kappa shape index (κ2) is 11.3. The summed E-state index contributed by atoms with van der Waals surface area (Å²) < 4.78 is 11.0. The molecule has 0 fully saturated rings. The molecule has 2 heteroatoms. The van der Waals surface area contributed by atoms with E-state index in [1.54, 1.807) is 6.26 Å². The largest absolute Gasteiger partial charge is 0.497 e. The van der Waals surface area contributed by atoms with E-state index in [9.17, 15) is 0 Å². The standard InChI is InChI=1S/C21H24O2/c1-3-11-20(12-4-1)13-7-8-16-22-17-9-10-18-23-19-21-14-5-2-6-15-21/h1-6,8-12,14-16H,7,13,17-19H2/b10-9+,16-8+. The fraction of sp³-hybridized carbons (Fsp3) is 0.238. The molecule has 0 N–H and O–H groups in total. The van der Waals surface area contributed by atoms with Gasteiger partial charge in [-0.25, -0.2) is 0 Å². The maximum absolute atomic E-state index is 5.55. The molecule has 0 bridgehead atoms. The van der Waals surface area contributed by atoms with Crippen LogP contribution in [0, 0.1) is 0 Å². The van der Waals surface area contributed by atoms with Crippen molar-refractivity contribution in [2.75, 3.05) is 13.2 Å². The summed E-state index contributed by atoms with van der Waals surface area (Å²) in [6.07, 6.45) is 9.84. The third-order valence-corrected chi connectivity index (χ3v) is 3.32. The second-order valence-corrected chi connectivity index (χ2v) is 5.20. The lowest BCUT2D eigenvalue weighted by Crippen LogP contribution is -1.92. The number of allylic oxidation sites excluding steroid dienone is 1. The summed E-state index contributed by atoms with van der Waals surface area (Å²) >= 11 is 0. The number of rotatable bonds is 10. The van der Waals surface area contributed by atoms with Gasteiger partial charge in [-0.1, -0.05) is 66.7 Å². The highest BCUT2D eigenvalue weighted by atomic mass is 16.5. The molecule has 0 saturated carbocycles. The first kappa shape index (κ1) is 17.0. The van der Waals surface area contributed by atoms with E-state index in [0.29, 0.717) is 19.8 Å². The SMILES string of the molecule is C(=C\OC/C=C/COCc1ccccc1)/CCc1ccccc1. The van der Waals surface area contributed by atoms with E-state index in [0.717, 1.165) is 12.8 Å². The first-order valence-electron chi connectivity index (χ1n) is 8.02. The van der Waals surface area contributed by atoms with Crippen LogP contribution in [-0.2, 0) is 22.5 Å². The molecule has 23 heavy (non-hydrogen) atoms. The maximum atomic E-state index is 5.55. The summed E-state index contributed by atoms with van der Waals surface area (Å²) in [6, 6.07) is 20.6. The van der Waals surface area contributed by atoms with E-state index in [4.69, 9.17) is 9.47 Å². The molecule has 2 nitrogen and oxygen atoms in total. The number of benzene rings is 2. The minimum atomic E-state index is 0.580. The average molecular weight is 308 g/mol. The zero-order chi connectivity index (χ0) is 16.0. The molecule has 0 spiro atoms. The van der Waals surface area contributed by atoms with Crippen LogP contribution in [-0.4, -0.2) is 13.2 Å². The van der Waals surface area contributed by atoms with Crippen LogP contribution in [0.15, 0.2) is 85.2 Å². The van der Waals surface area contributed by atoms with Gasteiger partial charge < -0.3 is 9.47 Å². The molecule has 0 saturated heterocycles. The molecule has 120 valence electrons. The Morgan fingerprint density at radius 2 is 1.35 bits per heavy atom. The molecule has 0 heterocycles. The molecule has 2 aromatic rings. The lowest BCUT2D eigenvalue weighted by molar-refractivity contribution is 0.148. The van der Waals surface area contributed by atoms with Crippen LogP contribution in [0.1, 0.15) is 17.5 Å². The van der Waals surface area contributed by atoms with Crippen molar-refractivity contribution in [2.24, 2.45) is 0 Å². The Balaban J connectivity index is 1.46. The van der Waals surface area contributed by atoms with Gasteiger partial charge >= 0.3 is 0 Å². The van der Waals surface area contributed by atoms with Crippen molar-refractivity contribution in [3.05, 3.63) is 96.3 Å². The van der Waals surface area contributed by atoms with E-state index < -0.39 is 0 Å². The summed E-state index contributed by atoms with van der Waals surface area (Å²) in [7, 11) is 0. The first-order chi connectivity index (χ1) is 11.4. The molecule has 0 unspecified atom stereocenters. The molecule has 2 aromatic carbocycles. The number of hydrogen-bond acceptors (Lipinski definition) is 2. The Hall–Kier alpha value is -2.32. The van der Waals surface area contributed by atoms with Crippen LogP contribution in [0.5, 0.6) is 0 Å². The van der Waals surface area contributed by atoms with E-state index >= 15 is 0 Å². The predicted molar refractivity (Wildman–Crippen MR) is 95.1 cm³/mol. The normalized spacial score (nSPS) is 11.3. The highest BCUT2D eigenvalue weighted by Gasteiger charge is 1.89. The van der Waals surface area contributed by atoms with Gasteiger partial charge in [0, 0.05) is 0 Å². The maximum Gasteiger partial charge on any atom is 0.106 e. The van der Waals surface area contributed by atoms with Crippen molar-refractivity contribution in [1.82, 2.24) is 0 Å². The molecule has 0 aliphatic carbocycles. The third kappa shape index (κ3) is 8.03. The van der Waals surface area contributed by atoms with Crippen LogP contribution in [0.3, 0.4) is 0 Å². The van der Waals surface area contributed by atoms with Gasteiger partial charge in [0.15, 0.2) is 0 Å². The van der Waals surface area contributed by atoms with Crippen molar-refractivity contribution in [3.63, 3.8) is 0 Å². The van der Waals surface area contributed by atoms with Crippen LogP contribution in [0.2, 0.25) is 0 Å². The molecular weight excluding hydrogens is 284 g/mol. The molecular formula is C21H24O2. The van der Waals surface area contributed by atoms with E-state index in [1.807, 2.05) is 36.4 Å². The van der Waals surface area contributed by atoms with Crippen LogP contribution in [0.4, 0.5) is 0 Å². The van der Waals surface area contributed by atoms with E-state index in [2.05, 4.69) is 42.5 Å². The van der Waals surface area contributed by atoms with E-state index in [1.165, 1.54) is 11.1 Å². The fourth-order valence-corrected chi connectivity index (χ4v) is 2.10. The monoisotopic (exact) mass is 308 g/mol. The average Bonchev–Trinajstić information content (AvgIpc) is 2.61. The summed E-state index contributed by atoms with van der Waals surface area (Å²) in [6.45, 7) is 1.83. The van der Waals surface area contributed by atoms with Crippen molar-refractivity contribution >= 4 is 0 Å². The predicted octanol–water partition coefficient (Wildman–Crippen LogP) is 4.92. The quantitative estimate of drug-likeness (QED) is 0.352. The molecule has 0 atom stereocenters. The Labute approximate surface area is 139 Å². The first-order valence-corrected chi connectivity index (χ1v) is 8.02. The van der Waals surface area contributed by atoms with Crippen LogP contribution in [0.25, 0.3) is 0 Å². The number of aryl methyl sites for hydroxylation is 1. The van der Waals surface area contributed by atoms with Gasteiger partial charge in [0.1, 0.15) is 6.61 Å². The lowest BCUT2D eigenvalue weighted by Gasteiger charge is -2.00. The summed E-state index contributed by atoms with van der Waals surface area (Å²) in [5.74, 6) is 0. The summed E-state index contributed by atoms with van der Waals surface area (Å²) in [5.41, 5.74) is 2.55. The Kier molecular flexibility index (Phi) is 8.35. The second-order valence-electron chi connectivity index (χ2n) is 5.20. The Morgan fingerprint density at radius 1 is 0.696 bits per heavy atom. The fourth-order valence-electron chi connectivity index (χ4n) is 2.10. The highest BCUT2D eigenvalue weighted by molar-refractivity contribution is 5.15. The zero-order valence-electron chi connectivity index (χ0n) is 13.4. The number of hydrogen-bond donors (Lipinski definition) is 0. The Bertz CT molecular complexity index is 573. The van der Waals surface area contributed by atoms with Crippen molar-refractivity contribution in [2.45, 2.75) is 19.4 Å². The molecule has 0 aliphatic heterocycles. The van der Waals surface area contributed by atoms with Gasteiger partial charge in [0.2, 0.25) is 0 Å². The van der Waals surface area contributed by atoms with Crippen LogP contribution >= 0.6 is 0 Å². The Morgan fingerprint density at radius 3 is 2.09 bits per heavy atom. The summed E-state index contributed by atoms with van der Waals surface area (Å²) in [4.78, 5) is 0. The number of ether oxygens (including phenoxy) is 2. The highest BCUT2D eigenvalue weighted by Crippen LogP contribution is 2.03. The van der Waals surface area contributed by atoms with Gasteiger partial charge in [-0.2, -0.15) is 0 Å². The summed E-state index contributed by atoms with van der Waals surface area (Å²) in [5, 5.41) is 0.